The van der Waals surface area contributed by atoms with Gasteiger partial charge in [0.15, 0.2) is 10.8 Å². The van der Waals surface area contributed by atoms with Crippen LogP contribution in [0.2, 0.25) is 0 Å². The first kappa shape index (κ1) is 15.8. The summed E-state index contributed by atoms with van der Waals surface area (Å²) in [4.78, 5) is 26.1. The third-order valence-corrected chi connectivity index (χ3v) is 3.64. The molecule has 7 nitrogen and oxygen atoms in total. The van der Waals surface area contributed by atoms with Gasteiger partial charge in [-0.25, -0.2) is 9.19 Å². The summed E-state index contributed by atoms with van der Waals surface area (Å²) in [5, 5.41) is 10.5. The zero-order valence-corrected chi connectivity index (χ0v) is 11.3. The van der Waals surface area contributed by atoms with E-state index in [4.69, 9.17) is 0 Å². The van der Waals surface area contributed by atoms with Crippen LogP contribution in [0.15, 0.2) is 40.2 Å². The molecule has 0 spiro atoms. The summed E-state index contributed by atoms with van der Waals surface area (Å²) in [7, 11) is -3.48. The highest BCUT2D eigenvalue weighted by atomic mass is 32.2. The molecule has 0 aliphatic rings. The summed E-state index contributed by atoms with van der Waals surface area (Å²) < 4.78 is 48.0. The van der Waals surface area contributed by atoms with Crippen molar-refractivity contribution in [2.75, 3.05) is 0 Å². The molecule has 0 aliphatic heterocycles. The molecular weight excluding hydrogens is 327 g/mol. The Balaban J connectivity index is 2.39. The Hall–Kier alpha value is -2.56. The quantitative estimate of drug-likeness (QED) is 0.683. The number of non-ortho nitro benzene ring substituents is 1. The number of nitro groups is 1. The van der Waals surface area contributed by atoms with Gasteiger partial charge in [-0.2, -0.15) is 13.2 Å². The van der Waals surface area contributed by atoms with Gasteiger partial charge in [-0.15, -0.1) is 0 Å². The van der Waals surface area contributed by atoms with Crippen LogP contribution < -0.4 is 5.56 Å². The van der Waals surface area contributed by atoms with E-state index in [1.807, 2.05) is 0 Å². The second-order valence-corrected chi connectivity index (χ2v) is 5.38. The number of hydrogen-bond donors (Lipinski definition) is 1. The predicted octanol–water partition coefficient (Wildman–Crippen LogP) is 1.97. The Kier molecular flexibility index (Phi) is 4.08. The molecule has 0 saturated carbocycles. The Labute approximate surface area is 122 Å². The lowest BCUT2D eigenvalue weighted by molar-refractivity contribution is -0.384. The molecule has 1 heterocycles. The number of benzene rings is 1. The third-order valence-electron chi connectivity index (χ3n) is 2.53. The maximum absolute atomic E-state index is 12.3. The van der Waals surface area contributed by atoms with Crippen molar-refractivity contribution in [3.8, 4) is 11.4 Å². The van der Waals surface area contributed by atoms with E-state index in [-0.39, 0.29) is 17.1 Å². The fraction of sp³-hybridized carbons (Fsp3) is 0.0909. The molecule has 116 valence electrons. The number of nitro benzene ring substituents is 1. The van der Waals surface area contributed by atoms with Gasteiger partial charge in [-0.05, 0) is 12.1 Å². The van der Waals surface area contributed by atoms with E-state index in [1.54, 1.807) is 0 Å². The van der Waals surface area contributed by atoms with Gasteiger partial charge in [0.05, 0.1) is 11.1 Å². The van der Waals surface area contributed by atoms with Crippen LogP contribution in [0.1, 0.15) is 0 Å². The number of aromatic amines is 1. The van der Waals surface area contributed by atoms with Crippen molar-refractivity contribution in [1.29, 1.82) is 0 Å². The van der Waals surface area contributed by atoms with E-state index < -0.39 is 31.7 Å². The van der Waals surface area contributed by atoms with Crippen LogP contribution in [-0.4, -0.2) is 24.6 Å². The minimum atomic E-state index is -5.07. The van der Waals surface area contributed by atoms with Crippen molar-refractivity contribution >= 4 is 16.5 Å². The minimum absolute atomic E-state index is 0.0946. The fourth-order valence-electron chi connectivity index (χ4n) is 1.53. The fourth-order valence-corrected chi connectivity index (χ4v) is 2.14. The molecule has 0 amide bonds. The summed E-state index contributed by atoms with van der Waals surface area (Å²) in [6.07, 6.45) is 0.569. The Morgan fingerprint density at radius 3 is 2.27 bits per heavy atom. The second kappa shape index (κ2) is 5.67. The number of H-pyrrole nitrogens is 1. The maximum Gasteiger partial charge on any atom is 0.476 e. The first-order chi connectivity index (χ1) is 10.2. The minimum Gasteiger partial charge on any atom is -0.305 e. The van der Waals surface area contributed by atoms with Crippen LogP contribution in [-0.2, 0) is 10.8 Å². The molecule has 1 N–H and O–H groups in total. The standard InChI is InChI=1S/C11H6F3N3O4S/c12-11(13,14)22(21)8-5-15-9(16-10(8)18)6-1-3-7(4-2-6)17(19)20/h1-5H,(H,15,16,18). The van der Waals surface area contributed by atoms with Gasteiger partial charge in [0, 0.05) is 17.7 Å². The smallest absolute Gasteiger partial charge is 0.305 e. The number of nitrogens with one attached hydrogen (secondary N) is 1. The van der Waals surface area contributed by atoms with Crippen molar-refractivity contribution in [3.05, 3.63) is 50.9 Å². The molecule has 1 aromatic heterocycles. The van der Waals surface area contributed by atoms with Crippen molar-refractivity contribution in [2.24, 2.45) is 0 Å². The highest BCUT2D eigenvalue weighted by Crippen LogP contribution is 2.24. The molecule has 1 unspecified atom stereocenters. The number of halogens is 3. The second-order valence-electron chi connectivity index (χ2n) is 3.94. The number of hydrogen-bond acceptors (Lipinski definition) is 5. The van der Waals surface area contributed by atoms with Crippen LogP contribution in [0, 0.1) is 10.1 Å². The van der Waals surface area contributed by atoms with E-state index in [2.05, 4.69) is 9.97 Å². The Bertz CT molecular complexity index is 801. The summed E-state index contributed by atoms with van der Waals surface area (Å²) in [6.45, 7) is 0. The SMILES string of the molecule is O=c1[nH]c(-c2ccc([N+](=O)[O-])cc2)ncc1S(=O)C(F)(F)F. The molecular formula is C11H6F3N3O4S. The number of rotatable bonds is 3. The Morgan fingerprint density at radius 2 is 1.82 bits per heavy atom. The Morgan fingerprint density at radius 1 is 1.23 bits per heavy atom. The van der Waals surface area contributed by atoms with Gasteiger partial charge >= 0.3 is 5.51 Å². The van der Waals surface area contributed by atoms with Crippen molar-refractivity contribution in [2.45, 2.75) is 10.4 Å². The topological polar surface area (TPSA) is 106 Å². The van der Waals surface area contributed by atoms with Crippen molar-refractivity contribution < 1.29 is 22.3 Å². The molecule has 0 aliphatic carbocycles. The van der Waals surface area contributed by atoms with Crippen molar-refractivity contribution in [3.63, 3.8) is 0 Å². The molecule has 22 heavy (non-hydrogen) atoms. The van der Waals surface area contributed by atoms with Gasteiger partial charge in [0.1, 0.15) is 10.7 Å². The van der Waals surface area contributed by atoms with E-state index in [1.165, 1.54) is 12.1 Å². The largest absolute Gasteiger partial charge is 0.476 e. The molecule has 11 heteroatoms. The first-order valence-corrected chi connectivity index (χ1v) is 6.68. The van der Waals surface area contributed by atoms with E-state index in [9.17, 15) is 32.3 Å². The van der Waals surface area contributed by atoms with Gasteiger partial charge in [0.2, 0.25) is 0 Å². The van der Waals surface area contributed by atoms with E-state index in [0.29, 0.717) is 6.20 Å². The average molecular weight is 333 g/mol. The monoisotopic (exact) mass is 333 g/mol. The molecule has 2 rings (SSSR count). The molecule has 2 aromatic rings. The molecule has 0 radical (unpaired) electrons. The van der Waals surface area contributed by atoms with E-state index in [0.717, 1.165) is 12.1 Å². The number of aromatic nitrogens is 2. The number of nitrogens with zero attached hydrogens (tertiary/aromatic N) is 2. The first-order valence-electron chi connectivity index (χ1n) is 5.53. The zero-order chi connectivity index (χ0) is 16.5. The summed E-state index contributed by atoms with van der Waals surface area (Å²) in [5.41, 5.74) is -6.20. The van der Waals surface area contributed by atoms with Gasteiger partial charge in [-0.1, -0.05) is 0 Å². The molecule has 1 aromatic carbocycles. The predicted molar refractivity (Wildman–Crippen MR) is 69.4 cm³/mol. The van der Waals surface area contributed by atoms with Crippen LogP contribution in [0.4, 0.5) is 18.9 Å². The zero-order valence-electron chi connectivity index (χ0n) is 10.5. The lowest BCUT2D eigenvalue weighted by atomic mass is 10.2. The molecule has 0 bridgehead atoms. The summed E-state index contributed by atoms with van der Waals surface area (Å²) >= 11 is 0. The molecule has 1 atom stereocenters. The van der Waals surface area contributed by atoms with E-state index >= 15 is 0 Å². The van der Waals surface area contributed by atoms with Crippen LogP contribution in [0.25, 0.3) is 11.4 Å². The third kappa shape index (κ3) is 3.19. The highest BCUT2D eigenvalue weighted by Gasteiger charge is 2.39. The lowest BCUT2D eigenvalue weighted by Crippen LogP contribution is -2.24. The average Bonchev–Trinajstić information content (AvgIpc) is 2.45. The summed E-state index contributed by atoms with van der Waals surface area (Å²) in [6, 6.07) is 4.85. The summed E-state index contributed by atoms with van der Waals surface area (Å²) in [5.74, 6) is -0.0946. The molecule has 0 fully saturated rings. The molecule has 0 saturated heterocycles. The van der Waals surface area contributed by atoms with Crippen LogP contribution in [0.5, 0.6) is 0 Å². The lowest BCUT2D eigenvalue weighted by Gasteiger charge is -2.06. The normalized spacial score (nSPS) is 12.9. The van der Waals surface area contributed by atoms with Gasteiger partial charge in [-0.3, -0.25) is 14.9 Å². The number of alkyl halides is 3. The van der Waals surface area contributed by atoms with Gasteiger partial charge in [0.25, 0.3) is 11.2 Å². The van der Waals surface area contributed by atoms with Crippen LogP contribution >= 0.6 is 0 Å². The van der Waals surface area contributed by atoms with Crippen LogP contribution in [0.3, 0.4) is 0 Å². The maximum atomic E-state index is 12.3. The van der Waals surface area contributed by atoms with Crippen molar-refractivity contribution in [1.82, 2.24) is 9.97 Å². The van der Waals surface area contributed by atoms with Gasteiger partial charge < -0.3 is 4.98 Å². The highest BCUT2D eigenvalue weighted by molar-refractivity contribution is 7.85.